The number of hydrogen-bond acceptors (Lipinski definition) is 5. The summed E-state index contributed by atoms with van der Waals surface area (Å²) in [5, 5.41) is 0.544. The highest BCUT2D eigenvalue weighted by atomic mass is 35.5. The van der Waals surface area contributed by atoms with E-state index in [1.807, 2.05) is 4.90 Å². The Bertz CT molecular complexity index is 532. The smallest absolute Gasteiger partial charge is 0.410 e. The molecule has 0 aliphatic carbocycles. The molecular formula is C14H19ClN4O2. The predicted octanol–water partition coefficient (Wildman–Crippen LogP) is 2.13. The van der Waals surface area contributed by atoms with Crippen LogP contribution in [-0.2, 0) is 4.74 Å². The van der Waals surface area contributed by atoms with E-state index in [1.54, 1.807) is 12.3 Å². The first-order valence-electron chi connectivity index (χ1n) is 7.24. The first kappa shape index (κ1) is 14.3. The van der Waals surface area contributed by atoms with Gasteiger partial charge in [-0.05, 0) is 25.3 Å². The summed E-state index contributed by atoms with van der Waals surface area (Å²) >= 11 is 5.88. The summed E-state index contributed by atoms with van der Waals surface area (Å²) in [6.45, 7) is 2.99. The molecule has 3 rings (SSSR count). The van der Waals surface area contributed by atoms with Crippen LogP contribution in [0, 0.1) is 0 Å². The second-order valence-electron chi connectivity index (χ2n) is 5.45. The number of nitrogens with zero attached hydrogens (tertiary/aromatic N) is 3. The van der Waals surface area contributed by atoms with Crippen LogP contribution in [0.5, 0.6) is 0 Å². The average molecular weight is 311 g/mol. The van der Waals surface area contributed by atoms with Gasteiger partial charge in [0, 0.05) is 31.9 Å². The summed E-state index contributed by atoms with van der Waals surface area (Å²) in [7, 11) is 0. The Morgan fingerprint density at radius 1 is 1.33 bits per heavy atom. The number of pyridine rings is 1. The van der Waals surface area contributed by atoms with Crippen molar-refractivity contribution in [1.82, 2.24) is 9.88 Å². The van der Waals surface area contributed by atoms with E-state index in [1.165, 1.54) is 0 Å². The van der Waals surface area contributed by atoms with E-state index >= 15 is 0 Å². The zero-order valence-corrected chi connectivity index (χ0v) is 12.6. The van der Waals surface area contributed by atoms with Gasteiger partial charge in [-0.2, -0.15) is 0 Å². The maximum atomic E-state index is 11.8. The molecule has 0 unspecified atom stereocenters. The van der Waals surface area contributed by atoms with Crippen molar-refractivity contribution in [2.75, 3.05) is 36.9 Å². The second kappa shape index (κ2) is 5.97. The van der Waals surface area contributed by atoms with Gasteiger partial charge >= 0.3 is 6.09 Å². The van der Waals surface area contributed by atoms with Gasteiger partial charge in [0.1, 0.15) is 0 Å². The van der Waals surface area contributed by atoms with E-state index in [-0.39, 0.29) is 12.1 Å². The third-order valence-electron chi connectivity index (χ3n) is 4.07. The van der Waals surface area contributed by atoms with E-state index in [9.17, 15) is 4.79 Å². The lowest BCUT2D eigenvalue weighted by atomic mass is 10.0. The number of ether oxygens (including phenoxy) is 1. The largest absolute Gasteiger partial charge is 0.449 e. The lowest BCUT2D eigenvalue weighted by Gasteiger charge is -2.40. The number of aromatic nitrogens is 1. The molecule has 3 heterocycles. The third-order valence-corrected chi connectivity index (χ3v) is 4.28. The highest BCUT2D eigenvalue weighted by Gasteiger charge is 2.31. The highest BCUT2D eigenvalue weighted by Crippen LogP contribution is 2.28. The van der Waals surface area contributed by atoms with E-state index in [2.05, 4.69) is 9.88 Å². The van der Waals surface area contributed by atoms with Crippen LogP contribution in [0.4, 0.5) is 16.3 Å². The van der Waals surface area contributed by atoms with Crippen molar-refractivity contribution >= 4 is 29.2 Å². The maximum Gasteiger partial charge on any atom is 0.410 e. The zero-order valence-electron chi connectivity index (χ0n) is 11.8. The molecule has 0 atom stereocenters. The van der Waals surface area contributed by atoms with Gasteiger partial charge in [-0.15, -0.1) is 0 Å². The molecule has 2 aliphatic rings. The Labute approximate surface area is 128 Å². The molecule has 2 saturated heterocycles. The summed E-state index contributed by atoms with van der Waals surface area (Å²) in [4.78, 5) is 20.1. The molecule has 6 nitrogen and oxygen atoms in total. The van der Waals surface area contributed by atoms with Gasteiger partial charge in [0.2, 0.25) is 0 Å². The molecular weight excluding hydrogens is 292 g/mol. The van der Waals surface area contributed by atoms with Gasteiger partial charge < -0.3 is 20.3 Å². The molecule has 114 valence electrons. The van der Waals surface area contributed by atoms with Crippen molar-refractivity contribution in [3.8, 4) is 0 Å². The van der Waals surface area contributed by atoms with Gasteiger partial charge in [-0.25, -0.2) is 9.78 Å². The van der Waals surface area contributed by atoms with Gasteiger partial charge in [-0.1, -0.05) is 11.6 Å². The van der Waals surface area contributed by atoms with E-state index < -0.39 is 0 Å². The summed E-state index contributed by atoms with van der Waals surface area (Å²) in [6.07, 6.45) is 4.15. The molecule has 21 heavy (non-hydrogen) atoms. The number of halogens is 1. The van der Waals surface area contributed by atoms with E-state index in [4.69, 9.17) is 22.1 Å². The van der Waals surface area contributed by atoms with Crippen LogP contribution < -0.4 is 10.6 Å². The van der Waals surface area contributed by atoms with Crippen LogP contribution >= 0.6 is 11.6 Å². The molecule has 2 fully saturated rings. The first-order valence-corrected chi connectivity index (χ1v) is 7.62. The maximum absolute atomic E-state index is 11.8. The van der Waals surface area contributed by atoms with Crippen molar-refractivity contribution in [1.29, 1.82) is 0 Å². The van der Waals surface area contributed by atoms with Crippen LogP contribution in [0.3, 0.4) is 0 Å². The molecule has 1 aromatic rings. The molecule has 2 N–H and O–H groups in total. The fourth-order valence-electron chi connectivity index (χ4n) is 3.00. The number of nitrogens with two attached hydrogens (primary N) is 1. The minimum absolute atomic E-state index is 0.177. The van der Waals surface area contributed by atoms with E-state index in [0.29, 0.717) is 17.3 Å². The summed E-state index contributed by atoms with van der Waals surface area (Å²) in [5.74, 6) is 0.777. The number of hydrogen-bond donors (Lipinski definition) is 1. The average Bonchev–Trinajstić information content (AvgIpc) is 2.48. The van der Waals surface area contributed by atoms with Crippen molar-refractivity contribution < 1.29 is 9.53 Å². The lowest BCUT2D eigenvalue weighted by Crippen LogP contribution is -2.50. The Hall–Kier alpha value is -1.69. The number of cyclic esters (lactones) is 1. The quantitative estimate of drug-likeness (QED) is 0.906. The lowest BCUT2D eigenvalue weighted by molar-refractivity contribution is 0.0499. The topological polar surface area (TPSA) is 71.7 Å². The molecule has 2 aliphatic heterocycles. The number of nitrogen functional groups attached to an aromatic ring is 1. The number of anilines is 2. The van der Waals surface area contributed by atoms with Crippen LogP contribution in [0.2, 0.25) is 5.02 Å². The molecule has 0 aromatic carbocycles. The molecule has 0 bridgehead atoms. The molecule has 0 radical (unpaired) electrons. The first-order chi connectivity index (χ1) is 10.1. The Morgan fingerprint density at radius 3 is 2.76 bits per heavy atom. The Kier molecular flexibility index (Phi) is 4.05. The highest BCUT2D eigenvalue weighted by molar-refractivity contribution is 6.30. The number of piperidine rings is 1. The van der Waals surface area contributed by atoms with Crippen molar-refractivity contribution in [2.24, 2.45) is 0 Å². The van der Waals surface area contributed by atoms with Gasteiger partial charge in [-0.3, -0.25) is 0 Å². The van der Waals surface area contributed by atoms with Crippen molar-refractivity contribution in [3.05, 3.63) is 17.3 Å². The van der Waals surface area contributed by atoms with Crippen molar-refractivity contribution in [3.63, 3.8) is 0 Å². The predicted molar refractivity (Wildman–Crippen MR) is 81.6 cm³/mol. The Balaban J connectivity index is 1.63. The minimum Gasteiger partial charge on any atom is -0.449 e. The van der Waals surface area contributed by atoms with Crippen LogP contribution in [-0.4, -0.2) is 48.3 Å². The fraction of sp³-hybridized carbons (Fsp3) is 0.571. The normalized spacial score (nSPS) is 20.5. The van der Waals surface area contributed by atoms with Crippen molar-refractivity contribution in [2.45, 2.75) is 25.3 Å². The summed E-state index contributed by atoms with van der Waals surface area (Å²) in [6, 6.07) is 1.97. The van der Waals surface area contributed by atoms with Gasteiger partial charge in [0.05, 0.1) is 17.3 Å². The fourth-order valence-corrected chi connectivity index (χ4v) is 3.17. The molecule has 1 amide bonds. The van der Waals surface area contributed by atoms with Crippen LogP contribution in [0.1, 0.15) is 19.3 Å². The van der Waals surface area contributed by atoms with E-state index in [0.717, 1.165) is 44.7 Å². The molecule has 7 heteroatoms. The standard InChI is InChI=1S/C14H19ClN4O2/c15-10-8-12(16)13(17-9-10)18-5-2-11(3-6-18)19-4-1-7-21-14(19)20/h8-9,11H,1-7,16H2. The Morgan fingerprint density at radius 2 is 2.10 bits per heavy atom. The number of rotatable bonds is 2. The summed E-state index contributed by atoms with van der Waals surface area (Å²) < 4.78 is 5.11. The number of amides is 1. The van der Waals surface area contributed by atoms with Crippen LogP contribution in [0.25, 0.3) is 0 Å². The summed E-state index contributed by atoms with van der Waals surface area (Å²) in [5.41, 5.74) is 6.57. The molecule has 0 spiro atoms. The zero-order chi connectivity index (χ0) is 14.8. The van der Waals surface area contributed by atoms with Gasteiger partial charge in [0.15, 0.2) is 5.82 Å². The number of carbonyl (C=O) groups excluding carboxylic acids is 1. The minimum atomic E-state index is -0.177. The second-order valence-corrected chi connectivity index (χ2v) is 5.88. The van der Waals surface area contributed by atoms with Crippen LogP contribution in [0.15, 0.2) is 12.3 Å². The molecule has 1 aromatic heterocycles. The third kappa shape index (κ3) is 3.00. The number of carbonyl (C=O) groups is 1. The van der Waals surface area contributed by atoms with Gasteiger partial charge in [0.25, 0.3) is 0 Å². The SMILES string of the molecule is Nc1cc(Cl)cnc1N1CCC(N2CCCOC2=O)CC1. The molecule has 0 saturated carbocycles. The monoisotopic (exact) mass is 310 g/mol.